The number of benzene rings is 2. The smallest absolute Gasteiger partial charge is 0.262 e. The maximum absolute atomic E-state index is 12.3. The summed E-state index contributed by atoms with van der Waals surface area (Å²) in [6, 6.07) is 18.4. The van der Waals surface area contributed by atoms with Crippen LogP contribution in [-0.2, 0) is 9.59 Å². The van der Waals surface area contributed by atoms with Crippen molar-refractivity contribution in [2.75, 3.05) is 35.2 Å². The molecule has 8 nitrogen and oxygen atoms in total. The van der Waals surface area contributed by atoms with E-state index in [1.807, 2.05) is 36.4 Å². The van der Waals surface area contributed by atoms with Crippen LogP contribution < -0.4 is 20.3 Å². The lowest BCUT2D eigenvalue weighted by Crippen LogP contribution is -2.25. The second-order valence-corrected chi connectivity index (χ2v) is 8.30. The minimum atomic E-state index is -0.278. The Balaban J connectivity index is 1.30. The average molecular weight is 460 g/mol. The number of aromatic nitrogens is 2. The van der Waals surface area contributed by atoms with Gasteiger partial charge in [0.1, 0.15) is 5.75 Å². The predicted molar refractivity (Wildman–Crippen MR) is 133 cm³/mol. The molecule has 176 valence electrons. The number of ether oxygens (including phenoxy) is 1. The first kappa shape index (κ1) is 23.2. The van der Waals surface area contributed by atoms with Gasteiger partial charge in [-0.25, -0.2) is 0 Å². The van der Waals surface area contributed by atoms with Gasteiger partial charge in [0.25, 0.3) is 5.91 Å². The molecule has 0 bridgehead atoms. The van der Waals surface area contributed by atoms with E-state index < -0.39 is 0 Å². The zero-order chi connectivity index (χ0) is 23.8. The standard InChI is InChI=1S/C26H29N5O3/c1-19(32)27-22-7-6-8-23(17-22)34-18-26(33)28-21-11-9-20(10-12-21)24-13-14-25(30-29-24)31-15-4-2-3-5-16-31/h6-14,17H,2-5,15-16,18H2,1H3,(H,27,32)(H,28,33). The molecule has 1 aromatic heterocycles. The first-order chi connectivity index (χ1) is 16.6. The van der Waals surface area contributed by atoms with Crippen molar-refractivity contribution in [1.29, 1.82) is 0 Å². The summed E-state index contributed by atoms with van der Waals surface area (Å²) in [6.45, 7) is 3.36. The number of carbonyl (C=O) groups is 2. The van der Waals surface area contributed by atoms with E-state index in [9.17, 15) is 9.59 Å². The Kier molecular flexibility index (Phi) is 7.70. The van der Waals surface area contributed by atoms with Crippen LogP contribution in [-0.4, -0.2) is 41.7 Å². The molecule has 2 aromatic carbocycles. The van der Waals surface area contributed by atoms with Gasteiger partial charge in [-0.1, -0.05) is 31.0 Å². The lowest BCUT2D eigenvalue weighted by molar-refractivity contribution is -0.118. The molecule has 0 unspecified atom stereocenters. The summed E-state index contributed by atoms with van der Waals surface area (Å²) in [4.78, 5) is 25.8. The fourth-order valence-electron chi connectivity index (χ4n) is 3.88. The summed E-state index contributed by atoms with van der Waals surface area (Å²) in [7, 11) is 0. The van der Waals surface area contributed by atoms with Crippen LogP contribution in [0.5, 0.6) is 5.75 Å². The van der Waals surface area contributed by atoms with Gasteiger partial charge in [0.15, 0.2) is 12.4 Å². The molecule has 2 amide bonds. The van der Waals surface area contributed by atoms with Crippen molar-refractivity contribution in [3.8, 4) is 17.0 Å². The minimum Gasteiger partial charge on any atom is -0.484 e. The summed E-state index contributed by atoms with van der Waals surface area (Å²) in [5.74, 6) is 0.980. The van der Waals surface area contributed by atoms with Gasteiger partial charge >= 0.3 is 0 Å². The third kappa shape index (κ3) is 6.54. The maximum atomic E-state index is 12.3. The fourth-order valence-corrected chi connectivity index (χ4v) is 3.88. The van der Waals surface area contributed by atoms with Gasteiger partial charge in [0.05, 0.1) is 5.69 Å². The van der Waals surface area contributed by atoms with Crippen LogP contribution in [0.4, 0.5) is 17.2 Å². The number of hydrogen-bond donors (Lipinski definition) is 2. The number of rotatable bonds is 7. The highest BCUT2D eigenvalue weighted by Crippen LogP contribution is 2.22. The minimum absolute atomic E-state index is 0.144. The molecule has 2 N–H and O–H groups in total. The largest absolute Gasteiger partial charge is 0.484 e. The summed E-state index contributed by atoms with van der Waals surface area (Å²) in [5.41, 5.74) is 3.00. The topological polar surface area (TPSA) is 96.4 Å². The van der Waals surface area contributed by atoms with E-state index >= 15 is 0 Å². The molecule has 4 rings (SSSR count). The van der Waals surface area contributed by atoms with Crippen LogP contribution in [0.1, 0.15) is 32.6 Å². The Morgan fingerprint density at radius 3 is 2.32 bits per heavy atom. The monoisotopic (exact) mass is 459 g/mol. The molecule has 1 aliphatic heterocycles. The number of nitrogens with zero attached hydrogens (tertiary/aromatic N) is 3. The maximum Gasteiger partial charge on any atom is 0.262 e. The number of nitrogens with one attached hydrogen (secondary N) is 2. The molecule has 34 heavy (non-hydrogen) atoms. The highest BCUT2D eigenvalue weighted by molar-refractivity contribution is 5.92. The first-order valence-electron chi connectivity index (χ1n) is 11.6. The second-order valence-electron chi connectivity index (χ2n) is 8.30. The van der Waals surface area contributed by atoms with E-state index in [1.54, 1.807) is 24.3 Å². The van der Waals surface area contributed by atoms with E-state index in [0.29, 0.717) is 17.1 Å². The third-order valence-electron chi connectivity index (χ3n) is 5.57. The van der Waals surface area contributed by atoms with Gasteiger partial charge in [0.2, 0.25) is 5.91 Å². The van der Waals surface area contributed by atoms with Crippen molar-refractivity contribution in [1.82, 2.24) is 10.2 Å². The number of amides is 2. The van der Waals surface area contributed by atoms with Crippen molar-refractivity contribution in [2.24, 2.45) is 0 Å². The quantitative estimate of drug-likeness (QED) is 0.540. The van der Waals surface area contributed by atoms with Crippen LogP contribution in [0.3, 0.4) is 0 Å². The Labute approximate surface area is 199 Å². The SMILES string of the molecule is CC(=O)Nc1cccc(OCC(=O)Nc2ccc(-c3ccc(N4CCCCCC4)nn3)cc2)c1. The molecule has 0 atom stereocenters. The molecule has 2 heterocycles. The van der Waals surface area contributed by atoms with Gasteiger partial charge in [-0.3, -0.25) is 9.59 Å². The lowest BCUT2D eigenvalue weighted by atomic mass is 10.1. The fraction of sp³-hybridized carbons (Fsp3) is 0.308. The Morgan fingerprint density at radius 2 is 1.65 bits per heavy atom. The van der Waals surface area contributed by atoms with Crippen LogP contribution in [0, 0.1) is 0 Å². The number of hydrogen-bond acceptors (Lipinski definition) is 6. The number of carbonyl (C=O) groups excluding carboxylic acids is 2. The molecule has 0 aliphatic carbocycles. The Morgan fingerprint density at radius 1 is 0.882 bits per heavy atom. The van der Waals surface area contributed by atoms with E-state index in [0.717, 1.165) is 30.2 Å². The van der Waals surface area contributed by atoms with Gasteiger partial charge in [-0.15, -0.1) is 10.2 Å². The van der Waals surface area contributed by atoms with Gasteiger partial charge in [-0.05, 0) is 49.2 Å². The first-order valence-corrected chi connectivity index (χ1v) is 11.6. The Hall–Kier alpha value is -3.94. The molecule has 0 radical (unpaired) electrons. The predicted octanol–water partition coefficient (Wildman–Crippen LogP) is 4.50. The number of anilines is 3. The molecule has 1 saturated heterocycles. The van der Waals surface area contributed by atoms with Crippen molar-refractivity contribution < 1.29 is 14.3 Å². The van der Waals surface area contributed by atoms with Crippen LogP contribution in [0.15, 0.2) is 60.7 Å². The van der Waals surface area contributed by atoms with Crippen LogP contribution in [0.25, 0.3) is 11.3 Å². The summed E-state index contributed by atoms with van der Waals surface area (Å²) >= 11 is 0. The summed E-state index contributed by atoms with van der Waals surface area (Å²) in [6.07, 6.45) is 4.96. The van der Waals surface area contributed by atoms with Gasteiger partial charge in [0, 0.05) is 43.0 Å². The average Bonchev–Trinajstić information content (AvgIpc) is 3.13. The molecular formula is C26H29N5O3. The third-order valence-corrected chi connectivity index (χ3v) is 5.57. The zero-order valence-electron chi connectivity index (χ0n) is 19.3. The molecule has 3 aromatic rings. The van der Waals surface area contributed by atoms with Gasteiger partial charge in [-0.2, -0.15) is 0 Å². The van der Waals surface area contributed by atoms with Crippen molar-refractivity contribution in [3.63, 3.8) is 0 Å². The van der Waals surface area contributed by atoms with E-state index in [1.165, 1.54) is 32.6 Å². The van der Waals surface area contributed by atoms with E-state index in [2.05, 4.69) is 25.7 Å². The summed E-state index contributed by atoms with van der Waals surface area (Å²) < 4.78 is 5.54. The van der Waals surface area contributed by atoms with Crippen LogP contribution in [0.2, 0.25) is 0 Å². The van der Waals surface area contributed by atoms with Crippen molar-refractivity contribution in [3.05, 3.63) is 60.7 Å². The molecule has 1 aliphatic rings. The van der Waals surface area contributed by atoms with Gasteiger partial charge < -0.3 is 20.3 Å². The van der Waals surface area contributed by atoms with Crippen LogP contribution >= 0.6 is 0 Å². The highest BCUT2D eigenvalue weighted by atomic mass is 16.5. The summed E-state index contributed by atoms with van der Waals surface area (Å²) in [5, 5.41) is 14.3. The molecule has 8 heteroatoms. The second kappa shape index (κ2) is 11.3. The molecule has 0 spiro atoms. The lowest BCUT2D eigenvalue weighted by Gasteiger charge is -2.20. The van der Waals surface area contributed by atoms with E-state index in [-0.39, 0.29) is 18.4 Å². The highest BCUT2D eigenvalue weighted by Gasteiger charge is 2.12. The van der Waals surface area contributed by atoms with Crippen molar-refractivity contribution >= 4 is 29.0 Å². The normalized spacial score (nSPS) is 13.6. The zero-order valence-corrected chi connectivity index (χ0v) is 19.3. The molecule has 1 fully saturated rings. The molecule has 0 saturated carbocycles. The molecular weight excluding hydrogens is 430 g/mol. The Bertz CT molecular complexity index is 1110. The van der Waals surface area contributed by atoms with Crippen molar-refractivity contribution in [2.45, 2.75) is 32.6 Å². The van der Waals surface area contributed by atoms with E-state index in [4.69, 9.17) is 4.74 Å².